The first-order chi connectivity index (χ1) is 11.5. The van der Waals surface area contributed by atoms with E-state index in [0.29, 0.717) is 31.6 Å². The van der Waals surface area contributed by atoms with Crippen molar-refractivity contribution < 1.29 is 9.53 Å². The van der Waals surface area contributed by atoms with Crippen LogP contribution in [-0.4, -0.2) is 41.6 Å². The Bertz CT molecular complexity index is 701. The van der Waals surface area contributed by atoms with Crippen molar-refractivity contribution in [2.75, 3.05) is 19.7 Å². The van der Waals surface area contributed by atoms with Gasteiger partial charge >= 0.3 is 0 Å². The number of aryl methyl sites for hydroxylation is 1. The Balaban J connectivity index is 2.04. The molecule has 1 atom stereocenters. The molecule has 0 aromatic carbocycles. The number of nitrogens with zero attached hydrogens (tertiary/aromatic N) is 2. The molecule has 0 bridgehead atoms. The van der Waals surface area contributed by atoms with E-state index in [4.69, 9.17) is 10.00 Å². The van der Waals surface area contributed by atoms with Crippen LogP contribution < -0.4 is 5.56 Å². The summed E-state index contributed by atoms with van der Waals surface area (Å²) in [6, 6.07) is 1.95. The van der Waals surface area contributed by atoms with E-state index < -0.39 is 0 Å². The Morgan fingerprint density at radius 2 is 2.21 bits per heavy atom. The lowest BCUT2D eigenvalue weighted by Crippen LogP contribution is -2.43. The van der Waals surface area contributed by atoms with Gasteiger partial charge in [-0.15, -0.1) is 0 Å². The molecule has 1 aliphatic rings. The molecule has 1 aliphatic heterocycles. The summed E-state index contributed by atoms with van der Waals surface area (Å²) in [6.45, 7) is 7.64. The molecule has 0 saturated carbocycles. The van der Waals surface area contributed by atoms with Crippen molar-refractivity contribution >= 4 is 5.91 Å². The average Bonchev–Trinajstić information content (AvgIpc) is 2.55. The largest absolute Gasteiger partial charge is 0.377 e. The predicted octanol–water partition coefficient (Wildman–Crippen LogP) is 1.82. The number of amides is 1. The number of ether oxygens (including phenoxy) is 1. The fraction of sp³-hybridized carbons (Fsp3) is 0.611. The molecule has 1 aromatic rings. The number of hydrogen-bond acceptors (Lipinski definition) is 4. The highest BCUT2D eigenvalue weighted by atomic mass is 16.5. The molecule has 1 fully saturated rings. The topological polar surface area (TPSA) is 86.2 Å². The van der Waals surface area contributed by atoms with Crippen LogP contribution in [0.3, 0.4) is 0 Å². The summed E-state index contributed by atoms with van der Waals surface area (Å²) < 4.78 is 5.64. The standard InChI is InChI=1S/C18H25N3O3/c1-4-24-14-6-5-9-21(11-14)17(22)8-7-15-12(2)16(10-19)18(23)20-13(15)3/h14H,4-9,11H2,1-3H3,(H,20,23). The molecular formula is C18H25N3O3. The van der Waals surface area contributed by atoms with Crippen molar-refractivity contribution in [2.24, 2.45) is 0 Å². The van der Waals surface area contributed by atoms with Gasteiger partial charge in [0.05, 0.1) is 6.10 Å². The number of carbonyl (C=O) groups is 1. The van der Waals surface area contributed by atoms with Crippen LogP contribution in [0, 0.1) is 25.2 Å². The highest BCUT2D eigenvalue weighted by molar-refractivity contribution is 5.76. The number of nitriles is 1. The van der Waals surface area contributed by atoms with Crippen LogP contribution in [-0.2, 0) is 16.0 Å². The maximum atomic E-state index is 12.5. The number of rotatable bonds is 5. The van der Waals surface area contributed by atoms with Gasteiger partial charge in [-0.3, -0.25) is 9.59 Å². The zero-order valence-electron chi connectivity index (χ0n) is 14.6. The van der Waals surface area contributed by atoms with Crippen molar-refractivity contribution in [3.8, 4) is 6.07 Å². The number of hydrogen-bond donors (Lipinski definition) is 1. The van der Waals surface area contributed by atoms with Crippen LogP contribution >= 0.6 is 0 Å². The molecule has 1 N–H and O–H groups in total. The number of pyridine rings is 1. The zero-order valence-corrected chi connectivity index (χ0v) is 14.6. The fourth-order valence-electron chi connectivity index (χ4n) is 3.35. The Morgan fingerprint density at radius 3 is 2.88 bits per heavy atom. The Labute approximate surface area is 142 Å². The molecule has 1 saturated heterocycles. The third kappa shape index (κ3) is 4.04. The van der Waals surface area contributed by atoms with E-state index >= 15 is 0 Å². The van der Waals surface area contributed by atoms with E-state index in [0.717, 1.165) is 30.6 Å². The quantitative estimate of drug-likeness (QED) is 0.892. The molecule has 6 heteroatoms. The lowest BCUT2D eigenvalue weighted by molar-refractivity contribution is -0.135. The summed E-state index contributed by atoms with van der Waals surface area (Å²) in [5.41, 5.74) is 2.07. The van der Waals surface area contributed by atoms with E-state index in [1.54, 1.807) is 13.8 Å². The van der Waals surface area contributed by atoms with E-state index in [-0.39, 0.29) is 23.1 Å². The number of likely N-dealkylation sites (tertiary alicyclic amines) is 1. The van der Waals surface area contributed by atoms with Crippen LogP contribution in [0.2, 0.25) is 0 Å². The summed E-state index contributed by atoms with van der Waals surface area (Å²) in [5, 5.41) is 9.12. The second-order valence-electron chi connectivity index (χ2n) is 6.23. The third-order valence-electron chi connectivity index (χ3n) is 4.64. The molecule has 1 amide bonds. The molecule has 1 aromatic heterocycles. The third-order valence-corrected chi connectivity index (χ3v) is 4.64. The van der Waals surface area contributed by atoms with Gasteiger partial charge in [0.2, 0.25) is 5.91 Å². The van der Waals surface area contributed by atoms with Crippen molar-refractivity contribution in [2.45, 2.75) is 52.6 Å². The number of nitrogens with one attached hydrogen (secondary N) is 1. The molecule has 1 unspecified atom stereocenters. The maximum Gasteiger partial charge on any atom is 0.266 e. The van der Waals surface area contributed by atoms with Crippen LogP contribution in [0.1, 0.15) is 48.6 Å². The van der Waals surface area contributed by atoms with Gasteiger partial charge in [-0.05, 0) is 51.2 Å². The SMILES string of the molecule is CCOC1CCCN(C(=O)CCc2c(C)[nH]c(=O)c(C#N)c2C)C1. The Hall–Kier alpha value is -2.13. The first-order valence-corrected chi connectivity index (χ1v) is 8.49. The van der Waals surface area contributed by atoms with Crippen LogP contribution in [0.15, 0.2) is 4.79 Å². The van der Waals surface area contributed by atoms with Crippen LogP contribution in [0.5, 0.6) is 0 Å². The predicted molar refractivity (Wildman–Crippen MR) is 90.8 cm³/mol. The molecule has 0 radical (unpaired) electrons. The highest BCUT2D eigenvalue weighted by Crippen LogP contribution is 2.18. The summed E-state index contributed by atoms with van der Waals surface area (Å²) in [7, 11) is 0. The molecule has 130 valence electrons. The van der Waals surface area contributed by atoms with Crippen molar-refractivity contribution in [3.05, 3.63) is 32.7 Å². The number of aromatic amines is 1. The van der Waals surface area contributed by atoms with Crippen LogP contribution in [0.4, 0.5) is 0 Å². The lowest BCUT2D eigenvalue weighted by atomic mass is 9.98. The molecule has 2 rings (SSSR count). The van der Waals surface area contributed by atoms with E-state index in [9.17, 15) is 9.59 Å². The zero-order chi connectivity index (χ0) is 17.7. The van der Waals surface area contributed by atoms with Crippen molar-refractivity contribution in [1.29, 1.82) is 5.26 Å². The second kappa shape index (κ2) is 8.11. The maximum absolute atomic E-state index is 12.5. The van der Waals surface area contributed by atoms with Crippen molar-refractivity contribution in [3.63, 3.8) is 0 Å². The number of carbonyl (C=O) groups excluding carboxylic acids is 1. The van der Waals surface area contributed by atoms with Crippen molar-refractivity contribution in [1.82, 2.24) is 9.88 Å². The van der Waals surface area contributed by atoms with Gasteiger partial charge in [0.1, 0.15) is 11.6 Å². The number of piperidine rings is 1. The second-order valence-corrected chi connectivity index (χ2v) is 6.23. The number of aromatic nitrogens is 1. The molecule has 6 nitrogen and oxygen atoms in total. The molecule has 24 heavy (non-hydrogen) atoms. The first kappa shape index (κ1) is 18.2. The smallest absolute Gasteiger partial charge is 0.266 e. The minimum absolute atomic E-state index is 0.0999. The monoisotopic (exact) mass is 331 g/mol. The average molecular weight is 331 g/mol. The van der Waals surface area contributed by atoms with Gasteiger partial charge in [-0.2, -0.15) is 5.26 Å². The summed E-state index contributed by atoms with van der Waals surface area (Å²) in [6.07, 6.45) is 3.00. The highest BCUT2D eigenvalue weighted by Gasteiger charge is 2.24. The normalized spacial score (nSPS) is 17.6. The first-order valence-electron chi connectivity index (χ1n) is 8.49. The minimum Gasteiger partial charge on any atom is -0.377 e. The lowest BCUT2D eigenvalue weighted by Gasteiger charge is -2.32. The van der Waals surface area contributed by atoms with E-state index in [1.165, 1.54) is 0 Å². The Morgan fingerprint density at radius 1 is 1.46 bits per heavy atom. The van der Waals surface area contributed by atoms with Gasteiger partial charge in [0.25, 0.3) is 5.56 Å². The minimum atomic E-state index is -0.363. The number of H-pyrrole nitrogens is 1. The summed E-state index contributed by atoms with van der Waals surface area (Å²) in [5.74, 6) is 0.0999. The van der Waals surface area contributed by atoms with Gasteiger partial charge in [-0.25, -0.2) is 0 Å². The van der Waals surface area contributed by atoms with Crippen LogP contribution in [0.25, 0.3) is 0 Å². The summed E-state index contributed by atoms with van der Waals surface area (Å²) in [4.78, 5) is 28.8. The van der Waals surface area contributed by atoms with Gasteiger partial charge in [0, 0.05) is 31.8 Å². The molecular weight excluding hydrogens is 306 g/mol. The van der Waals surface area contributed by atoms with E-state index in [1.807, 2.05) is 17.9 Å². The molecule has 0 spiro atoms. The van der Waals surface area contributed by atoms with Gasteiger partial charge < -0.3 is 14.6 Å². The van der Waals surface area contributed by atoms with E-state index in [2.05, 4.69) is 4.98 Å². The summed E-state index contributed by atoms with van der Waals surface area (Å²) >= 11 is 0. The molecule has 0 aliphatic carbocycles. The van der Waals surface area contributed by atoms with Gasteiger partial charge in [-0.1, -0.05) is 0 Å². The molecule has 2 heterocycles. The Kier molecular flexibility index (Phi) is 6.16. The van der Waals surface area contributed by atoms with Gasteiger partial charge in [0.15, 0.2) is 0 Å². The fourth-order valence-corrected chi connectivity index (χ4v) is 3.35.